The number of aliphatic carboxylic acids is 1. The molecular weight excluding hydrogens is 390 g/mol. The number of phenolic OH excluding ortho intramolecular Hbond substituents is 3. The SMILES string of the molecule is Cc1ncc(-c2cccc(CC(=O)O)c2)c(NC(=O)Cc2c(O)cc(O)cc2O)n1. The van der Waals surface area contributed by atoms with Gasteiger partial charge < -0.3 is 25.7 Å². The van der Waals surface area contributed by atoms with Crippen LogP contribution in [-0.4, -0.2) is 42.3 Å². The fourth-order valence-corrected chi connectivity index (χ4v) is 2.95. The highest BCUT2D eigenvalue weighted by molar-refractivity contribution is 5.95. The quantitative estimate of drug-likeness (QED) is 0.416. The van der Waals surface area contributed by atoms with Crippen LogP contribution in [0.3, 0.4) is 0 Å². The Kier molecular flexibility index (Phi) is 5.82. The van der Waals surface area contributed by atoms with Gasteiger partial charge in [0, 0.05) is 29.5 Å². The van der Waals surface area contributed by atoms with E-state index in [1.807, 2.05) is 0 Å². The van der Waals surface area contributed by atoms with Crippen molar-refractivity contribution in [1.29, 1.82) is 0 Å². The summed E-state index contributed by atoms with van der Waals surface area (Å²) in [5.74, 6) is -2.07. The summed E-state index contributed by atoms with van der Waals surface area (Å²) in [4.78, 5) is 31.9. The van der Waals surface area contributed by atoms with Crippen LogP contribution in [0.15, 0.2) is 42.6 Å². The lowest BCUT2D eigenvalue weighted by Crippen LogP contribution is -2.17. The number of nitrogens with one attached hydrogen (secondary N) is 1. The second-order valence-corrected chi connectivity index (χ2v) is 6.64. The van der Waals surface area contributed by atoms with Crippen LogP contribution in [-0.2, 0) is 22.4 Å². The van der Waals surface area contributed by atoms with E-state index in [0.717, 1.165) is 12.1 Å². The van der Waals surface area contributed by atoms with Gasteiger partial charge in [-0.25, -0.2) is 9.97 Å². The van der Waals surface area contributed by atoms with E-state index in [1.54, 1.807) is 31.2 Å². The van der Waals surface area contributed by atoms with Crippen molar-refractivity contribution in [3.63, 3.8) is 0 Å². The van der Waals surface area contributed by atoms with E-state index in [1.165, 1.54) is 6.20 Å². The fraction of sp³-hybridized carbons (Fsp3) is 0.143. The van der Waals surface area contributed by atoms with Gasteiger partial charge in [0.15, 0.2) is 0 Å². The van der Waals surface area contributed by atoms with Crippen molar-refractivity contribution in [2.24, 2.45) is 0 Å². The van der Waals surface area contributed by atoms with Crippen molar-refractivity contribution in [1.82, 2.24) is 9.97 Å². The number of amides is 1. The monoisotopic (exact) mass is 409 g/mol. The smallest absolute Gasteiger partial charge is 0.307 e. The van der Waals surface area contributed by atoms with Crippen molar-refractivity contribution in [2.45, 2.75) is 19.8 Å². The topological polar surface area (TPSA) is 153 Å². The zero-order valence-electron chi connectivity index (χ0n) is 16.0. The molecule has 9 heteroatoms. The number of aromatic hydroxyl groups is 3. The molecule has 3 rings (SSSR count). The second-order valence-electron chi connectivity index (χ2n) is 6.64. The van der Waals surface area contributed by atoms with Crippen LogP contribution in [0.25, 0.3) is 11.1 Å². The Bertz CT molecular complexity index is 1110. The van der Waals surface area contributed by atoms with Crippen molar-refractivity contribution in [2.75, 3.05) is 5.32 Å². The molecule has 1 amide bonds. The molecule has 0 unspecified atom stereocenters. The van der Waals surface area contributed by atoms with E-state index in [4.69, 9.17) is 5.11 Å². The zero-order valence-corrected chi connectivity index (χ0v) is 16.0. The summed E-state index contributed by atoms with van der Waals surface area (Å²) in [5.41, 5.74) is 1.65. The Hall–Kier alpha value is -4.14. The fourth-order valence-electron chi connectivity index (χ4n) is 2.95. The van der Waals surface area contributed by atoms with Gasteiger partial charge in [0.25, 0.3) is 0 Å². The second kappa shape index (κ2) is 8.48. The summed E-state index contributed by atoms with van der Waals surface area (Å²) in [6.07, 6.45) is 1.01. The van der Waals surface area contributed by atoms with Crippen LogP contribution < -0.4 is 5.32 Å². The first-order valence-electron chi connectivity index (χ1n) is 8.91. The van der Waals surface area contributed by atoms with E-state index in [-0.39, 0.29) is 30.0 Å². The summed E-state index contributed by atoms with van der Waals surface area (Å²) in [6, 6.07) is 8.85. The van der Waals surface area contributed by atoms with Gasteiger partial charge in [-0.3, -0.25) is 9.59 Å². The largest absolute Gasteiger partial charge is 0.508 e. The standard InChI is InChI=1S/C21H19N3O6/c1-11-22-10-16(13-4-2-3-12(5-13)6-20(29)30)21(23-11)24-19(28)9-15-17(26)7-14(25)8-18(15)27/h2-5,7-8,10,25-27H,6,9H2,1H3,(H,29,30)(H,22,23,24,28). The number of hydrogen-bond donors (Lipinski definition) is 5. The molecule has 2 aromatic carbocycles. The molecule has 0 fully saturated rings. The van der Waals surface area contributed by atoms with E-state index in [9.17, 15) is 24.9 Å². The lowest BCUT2D eigenvalue weighted by atomic mass is 10.0. The van der Waals surface area contributed by atoms with Gasteiger partial charge >= 0.3 is 5.97 Å². The zero-order chi connectivity index (χ0) is 21.8. The molecule has 0 saturated carbocycles. The minimum absolute atomic E-state index is 0.0407. The maximum absolute atomic E-state index is 12.5. The normalized spacial score (nSPS) is 10.6. The number of aromatic nitrogens is 2. The van der Waals surface area contributed by atoms with Gasteiger partial charge in [0.1, 0.15) is 28.9 Å². The van der Waals surface area contributed by atoms with E-state index < -0.39 is 23.4 Å². The predicted molar refractivity (Wildman–Crippen MR) is 107 cm³/mol. The number of benzene rings is 2. The Labute approximate surface area is 171 Å². The van der Waals surface area contributed by atoms with Gasteiger partial charge in [-0.1, -0.05) is 24.3 Å². The van der Waals surface area contributed by atoms with Gasteiger partial charge in [-0.2, -0.15) is 0 Å². The number of carboxylic acids is 1. The van der Waals surface area contributed by atoms with Crippen molar-refractivity contribution in [3.05, 3.63) is 59.5 Å². The molecule has 0 saturated heterocycles. The van der Waals surface area contributed by atoms with Crippen LogP contribution in [0.5, 0.6) is 17.2 Å². The number of rotatable bonds is 6. The molecule has 3 aromatic rings. The van der Waals surface area contributed by atoms with Crippen molar-refractivity contribution in [3.8, 4) is 28.4 Å². The third-order valence-corrected chi connectivity index (χ3v) is 4.29. The molecule has 0 atom stereocenters. The predicted octanol–water partition coefficient (Wildman–Crippen LogP) is 2.38. The third kappa shape index (κ3) is 4.82. The van der Waals surface area contributed by atoms with Gasteiger partial charge in [0.2, 0.25) is 5.91 Å². The highest BCUT2D eigenvalue weighted by Crippen LogP contribution is 2.33. The molecule has 5 N–H and O–H groups in total. The molecular formula is C21H19N3O6. The Morgan fingerprint density at radius 1 is 1.03 bits per heavy atom. The molecule has 0 aliphatic rings. The summed E-state index contributed by atoms with van der Waals surface area (Å²) in [6.45, 7) is 1.65. The third-order valence-electron chi connectivity index (χ3n) is 4.29. The molecule has 154 valence electrons. The van der Waals surface area contributed by atoms with Crippen LogP contribution >= 0.6 is 0 Å². The Balaban J connectivity index is 1.89. The van der Waals surface area contributed by atoms with Crippen LogP contribution in [0.4, 0.5) is 5.82 Å². The molecule has 30 heavy (non-hydrogen) atoms. The number of anilines is 1. The Morgan fingerprint density at radius 2 is 1.73 bits per heavy atom. The lowest BCUT2D eigenvalue weighted by molar-refractivity contribution is -0.136. The van der Waals surface area contributed by atoms with Crippen LogP contribution in [0, 0.1) is 6.92 Å². The summed E-state index contributed by atoms with van der Waals surface area (Å²) < 4.78 is 0. The molecule has 1 heterocycles. The van der Waals surface area contributed by atoms with Crippen LogP contribution in [0.1, 0.15) is 17.0 Å². The first-order valence-corrected chi connectivity index (χ1v) is 8.91. The number of carboxylic acid groups (broad SMARTS) is 1. The lowest BCUT2D eigenvalue weighted by Gasteiger charge is -2.13. The van der Waals surface area contributed by atoms with Gasteiger partial charge in [-0.15, -0.1) is 0 Å². The first kappa shape index (κ1) is 20.6. The highest BCUT2D eigenvalue weighted by atomic mass is 16.4. The highest BCUT2D eigenvalue weighted by Gasteiger charge is 2.17. The molecule has 1 aromatic heterocycles. The molecule has 0 radical (unpaired) electrons. The van der Waals surface area contributed by atoms with E-state index in [0.29, 0.717) is 22.5 Å². The maximum Gasteiger partial charge on any atom is 0.307 e. The number of phenols is 3. The average Bonchev–Trinajstić information content (AvgIpc) is 2.64. The number of nitrogens with zero attached hydrogens (tertiary/aromatic N) is 2. The number of aryl methyl sites for hydroxylation is 1. The molecule has 0 aliphatic carbocycles. The van der Waals surface area contributed by atoms with Gasteiger partial charge in [-0.05, 0) is 18.1 Å². The van der Waals surface area contributed by atoms with Gasteiger partial charge in [0.05, 0.1) is 12.8 Å². The van der Waals surface area contributed by atoms with Crippen molar-refractivity contribution < 1.29 is 30.0 Å². The summed E-state index contributed by atoms with van der Waals surface area (Å²) in [7, 11) is 0. The number of carbonyl (C=O) groups excluding carboxylic acids is 1. The van der Waals surface area contributed by atoms with E-state index >= 15 is 0 Å². The van der Waals surface area contributed by atoms with Crippen LogP contribution in [0.2, 0.25) is 0 Å². The molecule has 0 spiro atoms. The number of hydrogen-bond acceptors (Lipinski definition) is 7. The minimum atomic E-state index is -0.964. The van der Waals surface area contributed by atoms with Crippen molar-refractivity contribution >= 4 is 17.7 Å². The summed E-state index contributed by atoms with van der Waals surface area (Å²) in [5, 5.41) is 40.8. The van der Waals surface area contributed by atoms with E-state index in [2.05, 4.69) is 15.3 Å². The molecule has 9 nitrogen and oxygen atoms in total. The first-order chi connectivity index (χ1) is 14.2. The summed E-state index contributed by atoms with van der Waals surface area (Å²) >= 11 is 0. The molecule has 0 aliphatic heterocycles. The molecule has 0 bridgehead atoms. The minimum Gasteiger partial charge on any atom is -0.508 e. The number of carbonyl (C=O) groups is 2. The average molecular weight is 409 g/mol. The Morgan fingerprint density at radius 3 is 2.40 bits per heavy atom. The maximum atomic E-state index is 12.5.